The van der Waals surface area contributed by atoms with Crippen LogP contribution < -0.4 is 5.56 Å². The number of carbonyl (C=O) groups excluding carboxylic acids is 1. The summed E-state index contributed by atoms with van der Waals surface area (Å²) in [6, 6.07) is 19.3. The number of aromatic nitrogens is 1. The zero-order valence-electron chi connectivity index (χ0n) is 15.3. The van der Waals surface area contributed by atoms with Gasteiger partial charge in [0.05, 0.1) is 17.0 Å². The van der Waals surface area contributed by atoms with Crippen LogP contribution in [0.25, 0.3) is 17.0 Å². The summed E-state index contributed by atoms with van der Waals surface area (Å²) in [6.07, 6.45) is 1.67. The van der Waals surface area contributed by atoms with Crippen molar-refractivity contribution in [3.05, 3.63) is 87.0 Å². The first kappa shape index (κ1) is 18.7. The van der Waals surface area contributed by atoms with Gasteiger partial charge in [-0.2, -0.15) is 0 Å². The smallest absolute Gasteiger partial charge is 0.266 e. The van der Waals surface area contributed by atoms with Crippen molar-refractivity contribution in [3.8, 4) is 0 Å². The van der Waals surface area contributed by atoms with Gasteiger partial charge in [-0.3, -0.25) is 14.5 Å². The molecule has 28 heavy (non-hydrogen) atoms. The van der Waals surface area contributed by atoms with E-state index in [9.17, 15) is 9.59 Å². The van der Waals surface area contributed by atoms with Crippen LogP contribution in [0.5, 0.6) is 0 Å². The Labute approximate surface area is 172 Å². The van der Waals surface area contributed by atoms with Gasteiger partial charge < -0.3 is 4.57 Å². The molecule has 1 aliphatic heterocycles. The summed E-state index contributed by atoms with van der Waals surface area (Å²) >= 11 is 6.66. The number of nitrogens with zero attached hydrogens (tertiary/aromatic N) is 2. The van der Waals surface area contributed by atoms with Crippen molar-refractivity contribution in [2.24, 2.45) is 0 Å². The largest absolute Gasteiger partial charge is 0.308 e. The predicted octanol–water partition coefficient (Wildman–Crippen LogP) is 4.42. The molecule has 4 rings (SSSR count). The van der Waals surface area contributed by atoms with Crippen molar-refractivity contribution in [1.29, 1.82) is 0 Å². The maximum absolute atomic E-state index is 12.9. The van der Waals surface area contributed by atoms with E-state index in [0.29, 0.717) is 27.9 Å². The summed E-state index contributed by atoms with van der Waals surface area (Å²) in [5.41, 5.74) is 2.30. The molecular weight excluding hydrogens is 388 g/mol. The Bertz CT molecular complexity index is 1170. The lowest BCUT2D eigenvalue weighted by atomic mass is 10.1. The fourth-order valence-corrected chi connectivity index (χ4v) is 4.56. The summed E-state index contributed by atoms with van der Waals surface area (Å²) in [5, 5.41) is 0.968. The molecule has 1 fully saturated rings. The van der Waals surface area contributed by atoms with Crippen LogP contribution in [0.3, 0.4) is 0 Å². The average molecular weight is 407 g/mol. The second-order valence-corrected chi connectivity index (χ2v) is 8.14. The first-order chi connectivity index (χ1) is 13.6. The quantitative estimate of drug-likeness (QED) is 0.475. The molecule has 0 bridgehead atoms. The molecule has 2 aromatic carbocycles. The van der Waals surface area contributed by atoms with Crippen molar-refractivity contribution in [2.45, 2.75) is 20.0 Å². The molecule has 0 aliphatic carbocycles. The number of aryl methyl sites for hydroxylation is 1. The fraction of sp³-hybridized carbons (Fsp3) is 0.136. The van der Waals surface area contributed by atoms with Gasteiger partial charge in [0.15, 0.2) is 0 Å². The lowest BCUT2D eigenvalue weighted by Crippen LogP contribution is -2.27. The SMILES string of the molecule is CCn1c(=O)c(/C=C2\SC(=S)N(Cc3ccccc3)C2=O)cc2ccccc21. The topological polar surface area (TPSA) is 42.3 Å². The maximum atomic E-state index is 12.9. The van der Waals surface area contributed by atoms with Crippen LogP contribution in [0.2, 0.25) is 0 Å². The number of carbonyl (C=O) groups is 1. The molecule has 4 nitrogen and oxygen atoms in total. The molecule has 6 heteroatoms. The molecule has 1 saturated heterocycles. The predicted molar refractivity (Wildman–Crippen MR) is 119 cm³/mol. The molecule has 0 unspecified atom stereocenters. The van der Waals surface area contributed by atoms with Crippen LogP contribution in [0.15, 0.2) is 70.4 Å². The second-order valence-electron chi connectivity index (χ2n) is 6.46. The number of hydrogen-bond donors (Lipinski definition) is 0. The molecule has 0 saturated carbocycles. The van der Waals surface area contributed by atoms with E-state index in [0.717, 1.165) is 16.5 Å². The first-order valence-electron chi connectivity index (χ1n) is 9.00. The number of para-hydroxylation sites is 1. The lowest BCUT2D eigenvalue weighted by molar-refractivity contribution is -0.122. The van der Waals surface area contributed by atoms with Crippen molar-refractivity contribution in [3.63, 3.8) is 0 Å². The summed E-state index contributed by atoms with van der Waals surface area (Å²) < 4.78 is 2.24. The van der Waals surface area contributed by atoms with Gasteiger partial charge >= 0.3 is 0 Å². The van der Waals surface area contributed by atoms with E-state index in [2.05, 4.69) is 0 Å². The average Bonchev–Trinajstić information content (AvgIpc) is 2.97. The molecule has 0 spiro atoms. The third kappa shape index (κ3) is 3.41. The van der Waals surface area contributed by atoms with Crippen LogP contribution in [-0.2, 0) is 17.9 Å². The van der Waals surface area contributed by atoms with E-state index in [1.165, 1.54) is 11.8 Å². The van der Waals surface area contributed by atoms with Gasteiger partial charge in [0.25, 0.3) is 11.5 Å². The van der Waals surface area contributed by atoms with Crippen LogP contribution in [0, 0.1) is 0 Å². The number of amides is 1. The number of thiocarbonyl (C=S) groups is 1. The number of rotatable bonds is 4. The number of fused-ring (bicyclic) bond motifs is 1. The van der Waals surface area contributed by atoms with Crippen LogP contribution in [-0.4, -0.2) is 19.7 Å². The molecule has 140 valence electrons. The summed E-state index contributed by atoms with van der Waals surface area (Å²) in [7, 11) is 0. The fourth-order valence-electron chi connectivity index (χ4n) is 3.31. The van der Waals surface area contributed by atoms with E-state index >= 15 is 0 Å². The van der Waals surface area contributed by atoms with Gasteiger partial charge in [-0.05, 0) is 36.1 Å². The molecule has 0 atom stereocenters. The maximum Gasteiger partial charge on any atom is 0.266 e. The van der Waals surface area contributed by atoms with Crippen molar-refractivity contribution in [2.75, 3.05) is 0 Å². The van der Waals surface area contributed by atoms with Crippen LogP contribution in [0.1, 0.15) is 18.1 Å². The molecule has 1 aliphatic rings. The van der Waals surface area contributed by atoms with Crippen molar-refractivity contribution in [1.82, 2.24) is 9.47 Å². The van der Waals surface area contributed by atoms with E-state index in [4.69, 9.17) is 12.2 Å². The normalized spacial score (nSPS) is 15.8. The monoisotopic (exact) mass is 406 g/mol. The zero-order valence-corrected chi connectivity index (χ0v) is 16.9. The van der Waals surface area contributed by atoms with Gasteiger partial charge in [0, 0.05) is 12.1 Å². The Balaban J connectivity index is 1.72. The Morgan fingerprint density at radius 1 is 1.04 bits per heavy atom. The Morgan fingerprint density at radius 2 is 1.75 bits per heavy atom. The highest BCUT2D eigenvalue weighted by Gasteiger charge is 2.32. The number of thioether (sulfide) groups is 1. The minimum atomic E-state index is -0.158. The highest BCUT2D eigenvalue weighted by atomic mass is 32.2. The van der Waals surface area contributed by atoms with E-state index in [1.54, 1.807) is 15.5 Å². The van der Waals surface area contributed by atoms with Gasteiger partial charge in [-0.1, -0.05) is 72.5 Å². The van der Waals surface area contributed by atoms with Crippen LogP contribution in [0.4, 0.5) is 0 Å². The highest BCUT2D eigenvalue weighted by Crippen LogP contribution is 2.33. The molecular formula is C22H18N2O2S2. The van der Waals surface area contributed by atoms with Crippen LogP contribution >= 0.6 is 24.0 Å². The van der Waals surface area contributed by atoms with Crippen molar-refractivity contribution < 1.29 is 4.79 Å². The molecule has 2 heterocycles. The number of benzene rings is 2. The molecule has 0 N–H and O–H groups in total. The van der Waals surface area contributed by atoms with Gasteiger partial charge in [0.2, 0.25) is 0 Å². The Hall–Kier alpha value is -2.70. The lowest BCUT2D eigenvalue weighted by Gasteiger charge is -2.14. The highest BCUT2D eigenvalue weighted by molar-refractivity contribution is 8.26. The number of pyridine rings is 1. The number of hydrogen-bond acceptors (Lipinski definition) is 4. The van der Waals surface area contributed by atoms with Gasteiger partial charge in [-0.15, -0.1) is 0 Å². The minimum absolute atomic E-state index is 0.102. The third-order valence-corrected chi connectivity index (χ3v) is 6.07. The van der Waals surface area contributed by atoms with E-state index in [-0.39, 0.29) is 11.5 Å². The Morgan fingerprint density at radius 3 is 2.50 bits per heavy atom. The molecule has 3 aromatic rings. The standard InChI is InChI=1S/C22H18N2O2S2/c1-2-23-18-11-7-6-10-16(18)12-17(20(23)25)13-19-21(26)24(22(27)28-19)14-15-8-4-3-5-9-15/h3-13H,2,14H2,1H3/b19-13-. The Kier molecular flexibility index (Phi) is 5.15. The van der Waals surface area contributed by atoms with Gasteiger partial charge in [-0.25, -0.2) is 0 Å². The molecule has 1 aromatic heterocycles. The third-order valence-electron chi connectivity index (χ3n) is 4.69. The summed E-state index contributed by atoms with van der Waals surface area (Å²) in [6.45, 7) is 2.94. The summed E-state index contributed by atoms with van der Waals surface area (Å²) in [5.74, 6) is -0.158. The zero-order chi connectivity index (χ0) is 19.7. The van der Waals surface area contributed by atoms with E-state index < -0.39 is 0 Å². The van der Waals surface area contributed by atoms with Crippen molar-refractivity contribution >= 4 is 51.2 Å². The second kappa shape index (κ2) is 7.73. The molecule has 0 radical (unpaired) electrons. The first-order valence-corrected chi connectivity index (χ1v) is 10.2. The minimum Gasteiger partial charge on any atom is -0.308 e. The summed E-state index contributed by atoms with van der Waals surface area (Å²) in [4.78, 5) is 27.9. The van der Waals surface area contributed by atoms with E-state index in [1.807, 2.05) is 67.6 Å². The molecule has 1 amide bonds. The van der Waals surface area contributed by atoms with Gasteiger partial charge in [0.1, 0.15) is 4.32 Å².